The highest BCUT2D eigenvalue weighted by Crippen LogP contribution is 2.16. The van der Waals surface area contributed by atoms with Crippen molar-refractivity contribution in [3.8, 4) is 5.75 Å². The number of carboxylic acids is 1. The smallest absolute Gasteiger partial charge is 0.322 e. The zero-order chi connectivity index (χ0) is 10.7. The van der Waals surface area contributed by atoms with Crippen LogP contribution < -0.4 is 11.5 Å². The predicted octanol–water partition coefficient (Wildman–Crippen LogP) is -1.02. The molecule has 2 atom stereocenters. The summed E-state index contributed by atoms with van der Waals surface area (Å²) in [5.74, 6) is -1.05. The minimum absolute atomic E-state index is 0. The van der Waals surface area contributed by atoms with E-state index in [-0.39, 0.29) is 11.2 Å². The Labute approximate surface area is 86.4 Å². The van der Waals surface area contributed by atoms with Gasteiger partial charge in [0.1, 0.15) is 11.8 Å². The third-order valence-corrected chi connectivity index (χ3v) is 1.95. The average molecular weight is 214 g/mol. The number of aliphatic carboxylic acids is 1. The molecular formula is C9H14N2O4. The van der Waals surface area contributed by atoms with Crippen LogP contribution in [0.15, 0.2) is 24.3 Å². The van der Waals surface area contributed by atoms with Crippen molar-refractivity contribution in [3.05, 3.63) is 29.8 Å². The van der Waals surface area contributed by atoms with Gasteiger partial charge in [0.15, 0.2) is 0 Å². The largest absolute Gasteiger partial charge is 0.508 e. The summed E-state index contributed by atoms with van der Waals surface area (Å²) in [7, 11) is 0. The molecule has 1 aromatic rings. The number of hydrogen-bond acceptors (Lipinski definition) is 4. The molecule has 0 aliphatic rings. The van der Waals surface area contributed by atoms with E-state index in [4.69, 9.17) is 21.7 Å². The van der Waals surface area contributed by atoms with Crippen LogP contribution in [0, 0.1) is 0 Å². The topological polar surface area (TPSA) is 141 Å². The summed E-state index contributed by atoms with van der Waals surface area (Å²) in [6.45, 7) is 0. The second kappa shape index (κ2) is 5.30. The molecule has 0 fully saturated rings. The van der Waals surface area contributed by atoms with Gasteiger partial charge in [0.2, 0.25) is 0 Å². The summed E-state index contributed by atoms with van der Waals surface area (Å²) in [5, 5.41) is 17.6. The van der Waals surface area contributed by atoms with Gasteiger partial charge in [0.05, 0.1) is 6.04 Å². The van der Waals surface area contributed by atoms with E-state index in [0.717, 1.165) is 0 Å². The van der Waals surface area contributed by atoms with Crippen molar-refractivity contribution in [2.75, 3.05) is 0 Å². The summed E-state index contributed by atoms with van der Waals surface area (Å²) in [4.78, 5) is 10.5. The molecule has 0 aliphatic carbocycles. The first-order valence-corrected chi connectivity index (χ1v) is 4.05. The summed E-state index contributed by atoms with van der Waals surface area (Å²) < 4.78 is 0. The van der Waals surface area contributed by atoms with E-state index in [1.54, 1.807) is 12.1 Å². The molecule has 0 saturated heterocycles. The van der Waals surface area contributed by atoms with Crippen molar-refractivity contribution in [3.63, 3.8) is 0 Å². The minimum Gasteiger partial charge on any atom is -0.508 e. The van der Waals surface area contributed by atoms with Crippen LogP contribution in [-0.2, 0) is 4.79 Å². The molecule has 0 saturated carbocycles. The summed E-state index contributed by atoms with van der Waals surface area (Å²) in [6, 6.07) is 4.05. The van der Waals surface area contributed by atoms with Crippen molar-refractivity contribution in [1.29, 1.82) is 0 Å². The highest BCUT2D eigenvalue weighted by Gasteiger charge is 2.21. The average Bonchev–Trinajstić information content (AvgIpc) is 2.16. The zero-order valence-corrected chi connectivity index (χ0v) is 7.92. The van der Waals surface area contributed by atoms with Crippen LogP contribution in [0.1, 0.15) is 11.6 Å². The number of aromatic hydroxyl groups is 1. The van der Waals surface area contributed by atoms with Crippen molar-refractivity contribution in [2.24, 2.45) is 11.5 Å². The molecule has 8 N–H and O–H groups in total. The molecule has 6 heteroatoms. The Morgan fingerprint density at radius 2 is 1.67 bits per heavy atom. The molecule has 0 heterocycles. The lowest BCUT2D eigenvalue weighted by atomic mass is 10.0. The van der Waals surface area contributed by atoms with E-state index in [1.807, 2.05) is 0 Å². The van der Waals surface area contributed by atoms with Crippen molar-refractivity contribution < 1.29 is 20.5 Å². The van der Waals surface area contributed by atoms with Gasteiger partial charge in [0.25, 0.3) is 0 Å². The van der Waals surface area contributed by atoms with E-state index in [2.05, 4.69) is 0 Å². The monoisotopic (exact) mass is 214 g/mol. The van der Waals surface area contributed by atoms with E-state index in [9.17, 15) is 4.79 Å². The highest BCUT2D eigenvalue weighted by molar-refractivity contribution is 5.74. The van der Waals surface area contributed by atoms with Crippen LogP contribution in [0.25, 0.3) is 0 Å². The first-order valence-electron chi connectivity index (χ1n) is 4.05. The van der Waals surface area contributed by atoms with Gasteiger partial charge in [-0.1, -0.05) is 12.1 Å². The number of hydrogen-bond donors (Lipinski definition) is 4. The fourth-order valence-electron chi connectivity index (χ4n) is 1.06. The zero-order valence-electron chi connectivity index (χ0n) is 7.92. The van der Waals surface area contributed by atoms with Crippen LogP contribution >= 0.6 is 0 Å². The highest BCUT2D eigenvalue weighted by atomic mass is 16.4. The Hall–Kier alpha value is -1.63. The molecular weight excluding hydrogens is 200 g/mol. The molecule has 1 aromatic carbocycles. The molecule has 0 aliphatic heterocycles. The lowest BCUT2D eigenvalue weighted by molar-refractivity contribution is -0.139. The lowest BCUT2D eigenvalue weighted by Gasteiger charge is -2.15. The maximum atomic E-state index is 10.5. The second-order valence-corrected chi connectivity index (χ2v) is 2.98. The number of phenols is 1. The number of carboxylic acid groups (broad SMARTS) is 1. The van der Waals surface area contributed by atoms with Crippen LogP contribution in [0.3, 0.4) is 0 Å². The van der Waals surface area contributed by atoms with Gasteiger partial charge in [-0.3, -0.25) is 4.79 Å². The quantitative estimate of drug-likeness (QED) is 0.509. The molecule has 15 heavy (non-hydrogen) atoms. The van der Waals surface area contributed by atoms with Crippen LogP contribution in [0.4, 0.5) is 0 Å². The third kappa shape index (κ3) is 3.21. The van der Waals surface area contributed by atoms with E-state index in [0.29, 0.717) is 5.56 Å². The fraction of sp³-hybridized carbons (Fsp3) is 0.222. The van der Waals surface area contributed by atoms with Gasteiger partial charge in [-0.15, -0.1) is 0 Å². The molecule has 0 radical (unpaired) electrons. The number of carbonyl (C=O) groups is 1. The Bertz CT molecular complexity index is 325. The van der Waals surface area contributed by atoms with Gasteiger partial charge in [-0.2, -0.15) is 0 Å². The van der Waals surface area contributed by atoms with Crippen LogP contribution in [0.5, 0.6) is 5.75 Å². The van der Waals surface area contributed by atoms with Gasteiger partial charge in [-0.25, -0.2) is 0 Å². The maximum Gasteiger partial charge on any atom is 0.322 e. The Morgan fingerprint density at radius 3 is 2.07 bits per heavy atom. The number of rotatable bonds is 3. The summed E-state index contributed by atoms with van der Waals surface area (Å²) in [6.07, 6.45) is 0. The van der Waals surface area contributed by atoms with E-state index in [1.165, 1.54) is 12.1 Å². The normalized spacial score (nSPS) is 13.7. The lowest BCUT2D eigenvalue weighted by Crippen LogP contribution is -2.40. The molecule has 0 aromatic heterocycles. The number of nitrogens with two attached hydrogens (primary N) is 2. The van der Waals surface area contributed by atoms with Crippen molar-refractivity contribution in [1.82, 2.24) is 0 Å². The SMILES string of the molecule is NC(c1ccc(O)cc1)[C@H](N)C(=O)O.O. The predicted molar refractivity (Wildman–Crippen MR) is 54.3 cm³/mol. The molecule has 0 spiro atoms. The molecule has 6 nitrogen and oxygen atoms in total. The number of phenolic OH excluding ortho intramolecular Hbond substituents is 1. The standard InChI is InChI=1S/C9H12N2O3.H2O/c10-7(8(11)9(13)14)5-1-3-6(12)4-2-5;/h1-4,7-8,12H,10-11H2,(H,13,14);1H2/t7?,8-;/m0./s1. The first kappa shape index (κ1) is 13.4. The second-order valence-electron chi connectivity index (χ2n) is 2.98. The third-order valence-electron chi connectivity index (χ3n) is 1.95. The van der Waals surface area contributed by atoms with Crippen molar-refractivity contribution in [2.45, 2.75) is 12.1 Å². The van der Waals surface area contributed by atoms with Crippen molar-refractivity contribution >= 4 is 5.97 Å². The van der Waals surface area contributed by atoms with Gasteiger partial charge >= 0.3 is 5.97 Å². The minimum atomic E-state index is -1.15. The molecule has 84 valence electrons. The van der Waals surface area contributed by atoms with E-state index >= 15 is 0 Å². The maximum absolute atomic E-state index is 10.5. The summed E-state index contributed by atoms with van der Waals surface area (Å²) in [5.41, 5.74) is 11.5. The molecule has 0 bridgehead atoms. The Kier molecular flexibility index (Phi) is 4.72. The molecule has 1 rings (SSSR count). The molecule has 1 unspecified atom stereocenters. The molecule has 0 amide bonds. The first-order chi connectivity index (χ1) is 6.52. The van der Waals surface area contributed by atoms with Gasteiger partial charge < -0.3 is 27.2 Å². The van der Waals surface area contributed by atoms with Gasteiger partial charge in [-0.05, 0) is 17.7 Å². The van der Waals surface area contributed by atoms with E-state index < -0.39 is 18.1 Å². The number of benzene rings is 1. The Balaban J connectivity index is 0.00000196. The van der Waals surface area contributed by atoms with Crippen LogP contribution in [-0.4, -0.2) is 27.7 Å². The van der Waals surface area contributed by atoms with Crippen LogP contribution in [0.2, 0.25) is 0 Å². The fourth-order valence-corrected chi connectivity index (χ4v) is 1.06. The summed E-state index contributed by atoms with van der Waals surface area (Å²) >= 11 is 0. The Morgan fingerprint density at radius 1 is 1.20 bits per heavy atom. The van der Waals surface area contributed by atoms with Gasteiger partial charge in [0, 0.05) is 0 Å².